The minimum atomic E-state index is -0.500. The van der Waals surface area contributed by atoms with Gasteiger partial charge < -0.3 is 0 Å². The Morgan fingerprint density at radius 2 is 0.615 bits per heavy atom. The van der Waals surface area contributed by atoms with Crippen molar-refractivity contribution in [1.29, 1.82) is 0 Å². The zero-order valence-corrected chi connectivity index (χ0v) is 28.6. The molecule has 0 aliphatic heterocycles. The van der Waals surface area contributed by atoms with Gasteiger partial charge in [-0.25, -0.2) is 0 Å². The third-order valence-electron chi connectivity index (χ3n) is 12.0. The van der Waals surface area contributed by atoms with Crippen LogP contribution in [0.25, 0.3) is 33.9 Å². The molecule has 8 aromatic carbocycles. The Morgan fingerprint density at radius 3 is 1.04 bits per heavy atom. The summed E-state index contributed by atoms with van der Waals surface area (Å²) in [5, 5.41) is 0. The normalized spacial score (nSPS) is 14.5. The molecule has 0 radical (unpaired) electrons. The van der Waals surface area contributed by atoms with Gasteiger partial charge in [0, 0.05) is 0 Å². The lowest BCUT2D eigenvalue weighted by Crippen LogP contribution is -2.43. The summed E-state index contributed by atoms with van der Waals surface area (Å²) >= 11 is 0. The van der Waals surface area contributed by atoms with Crippen LogP contribution in [-0.4, -0.2) is 0 Å². The second-order valence-electron chi connectivity index (χ2n) is 14.3. The van der Waals surface area contributed by atoms with Crippen molar-refractivity contribution in [3.05, 3.63) is 261 Å². The van der Waals surface area contributed by atoms with Crippen molar-refractivity contribution in [3.8, 4) is 22.3 Å². The van der Waals surface area contributed by atoms with Crippen LogP contribution in [0, 0.1) is 0 Å². The third kappa shape index (κ3) is 3.71. The minimum Gasteiger partial charge on any atom is -0.0622 e. The van der Waals surface area contributed by atoms with Crippen molar-refractivity contribution < 1.29 is 0 Å². The summed E-state index contributed by atoms with van der Waals surface area (Å²) in [5.74, 6) is 0. The number of hydrogen-bond acceptors (Lipinski definition) is 0. The van der Waals surface area contributed by atoms with E-state index < -0.39 is 10.8 Å². The Bertz CT molecular complexity index is 2600. The van der Waals surface area contributed by atoms with Gasteiger partial charge in [0.05, 0.1) is 10.8 Å². The lowest BCUT2D eigenvalue weighted by Gasteiger charge is -2.49. The fourth-order valence-corrected chi connectivity index (χ4v) is 10.1. The summed E-state index contributed by atoms with van der Waals surface area (Å²) in [6.07, 6.45) is 2.40. The molecule has 0 atom stereocenters. The molecule has 11 rings (SSSR count). The van der Waals surface area contributed by atoms with Crippen LogP contribution in [-0.2, 0) is 10.8 Å². The molecule has 52 heavy (non-hydrogen) atoms. The molecule has 3 aliphatic carbocycles. The highest BCUT2D eigenvalue weighted by Crippen LogP contribution is 2.67. The largest absolute Gasteiger partial charge is 0.0720 e. The van der Waals surface area contributed by atoms with Crippen LogP contribution in [0.2, 0.25) is 0 Å². The highest BCUT2D eigenvalue weighted by atomic mass is 14.6. The van der Waals surface area contributed by atoms with Gasteiger partial charge in [-0.15, -0.1) is 0 Å². The van der Waals surface area contributed by atoms with Crippen LogP contribution < -0.4 is 0 Å². The maximum absolute atomic E-state index is 2.53. The number of rotatable bonds is 3. The molecule has 0 unspecified atom stereocenters. The predicted octanol–water partition coefficient (Wildman–Crippen LogP) is 12.3. The zero-order valence-electron chi connectivity index (χ0n) is 28.6. The molecule has 0 N–H and O–H groups in total. The van der Waals surface area contributed by atoms with E-state index >= 15 is 0 Å². The van der Waals surface area contributed by atoms with Gasteiger partial charge in [0.1, 0.15) is 0 Å². The lowest BCUT2D eigenvalue weighted by molar-refractivity contribution is 0.632. The van der Waals surface area contributed by atoms with Crippen molar-refractivity contribution in [2.75, 3.05) is 0 Å². The van der Waals surface area contributed by atoms with Gasteiger partial charge in [-0.1, -0.05) is 194 Å². The van der Waals surface area contributed by atoms with Crippen LogP contribution in [0.5, 0.6) is 0 Å². The van der Waals surface area contributed by atoms with Gasteiger partial charge in [0.25, 0.3) is 0 Å². The molecule has 0 amide bonds. The minimum absolute atomic E-state index is 0.471. The summed E-state index contributed by atoms with van der Waals surface area (Å²) in [5.41, 5.74) is 20.0. The Hall–Kier alpha value is -6.50. The topological polar surface area (TPSA) is 0 Å². The van der Waals surface area contributed by atoms with Crippen LogP contribution >= 0.6 is 0 Å². The molecule has 0 bridgehead atoms. The molecule has 2 spiro atoms. The first-order valence-corrected chi connectivity index (χ1v) is 18.3. The molecule has 0 fully saturated rings. The Balaban J connectivity index is 1.31. The quantitative estimate of drug-likeness (QED) is 0.166. The van der Waals surface area contributed by atoms with E-state index in [1.54, 1.807) is 0 Å². The van der Waals surface area contributed by atoms with Crippen LogP contribution in [0.3, 0.4) is 0 Å². The SMILES string of the molecule is C(=C(c1ccccc1)c1ccccc1)c1ccc2c(c1)C1(c3ccccc3-c3ccccc31)c1ccccc1C21c2ccccc2-c2ccccc21. The van der Waals surface area contributed by atoms with Crippen molar-refractivity contribution in [1.82, 2.24) is 0 Å². The monoisotopic (exact) mass is 658 g/mol. The van der Waals surface area contributed by atoms with Gasteiger partial charge in [-0.2, -0.15) is 0 Å². The molecular formula is C52H34. The Kier molecular flexibility index (Phi) is 6.19. The van der Waals surface area contributed by atoms with Gasteiger partial charge in [-0.05, 0) is 101 Å². The van der Waals surface area contributed by atoms with Crippen molar-refractivity contribution in [2.45, 2.75) is 10.8 Å². The fourth-order valence-electron chi connectivity index (χ4n) is 10.1. The molecule has 3 aliphatic rings. The summed E-state index contributed by atoms with van der Waals surface area (Å²) in [4.78, 5) is 0. The van der Waals surface area contributed by atoms with Crippen LogP contribution in [0.15, 0.2) is 200 Å². The first kappa shape index (κ1) is 29.3. The molecule has 0 aromatic heterocycles. The summed E-state index contributed by atoms with van der Waals surface area (Å²) in [6.45, 7) is 0. The van der Waals surface area contributed by atoms with E-state index in [1.807, 2.05) is 0 Å². The molecule has 8 aromatic rings. The average molecular weight is 659 g/mol. The first-order chi connectivity index (χ1) is 25.8. The van der Waals surface area contributed by atoms with Gasteiger partial charge in [0.2, 0.25) is 0 Å². The molecule has 0 saturated carbocycles. The standard InChI is InChI=1S/C52H34/c1-3-17-36(18-4-1)42(37-19-5-2-6-20-37)33-35-31-32-49-50(34-35)52(45-27-13-9-23-40(45)41-24-10-14-28-46(41)52)48-30-16-15-29-47(48)51(49)43-25-11-7-21-38(43)39-22-8-12-26-44(39)51/h1-34H. The summed E-state index contributed by atoms with van der Waals surface area (Å²) in [7, 11) is 0. The van der Waals surface area contributed by atoms with Gasteiger partial charge >= 0.3 is 0 Å². The highest BCUT2D eigenvalue weighted by molar-refractivity contribution is 5.95. The molecule has 0 heteroatoms. The number of hydrogen-bond donors (Lipinski definition) is 0. The molecular weight excluding hydrogens is 625 g/mol. The van der Waals surface area contributed by atoms with Gasteiger partial charge in [0.15, 0.2) is 0 Å². The maximum atomic E-state index is 2.53. The third-order valence-corrected chi connectivity index (χ3v) is 12.0. The van der Waals surface area contributed by atoms with E-state index in [0.29, 0.717) is 0 Å². The van der Waals surface area contributed by atoms with E-state index in [-0.39, 0.29) is 0 Å². The highest BCUT2D eigenvalue weighted by Gasteiger charge is 2.58. The first-order valence-electron chi connectivity index (χ1n) is 18.3. The fraction of sp³-hybridized carbons (Fsp3) is 0.0385. The summed E-state index contributed by atoms with van der Waals surface area (Å²) in [6, 6.07) is 74.8. The van der Waals surface area contributed by atoms with Crippen molar-refractivity contribution in [3.63, 3.8) is 0 Å². The van der Waals surface area contributed by atoms with Crippen molar-refractivity contribution in [2.24, 2.45) is 0 Å². The van der Waals surface area contributed by atoms with Gasteiger partial charge in [-0.3, -0.25) is 0 Å². The molecule has 0 saturated heterocycles. The molecule has 0 nitrogen and oxygen atoms in total. The van der Waals surface area contributed by atoms with E-state index in [1.165, 1.54) is 89.0 Å². The summed E-state index contributed by atoms with van der Waals surface area (Å²) < 4.78 is 0. The van der Waals surface area contributed by atoms with E-state index in [9.17, 15) is 0 Å². The van der Waals surface area contributed by atoms with Crippen LogP contribution in [0.4, 0.5) is 0 Å². The average Bonchev–Trinajstić information content (AvgIpc) is 3.69. The predicted molar refractivity (Wildman–Crippen MR) is 214 cm³/mol. The number of benzene rings is 8. The van der Waals surface area contributed by atoms with E-state index in [2.05, 4.69) is 206 Å². The second-order valence-corrected chi connectivity index (χ2v) is 14.3. The zero-order chi connectivity index (χ0) is 34.3. The molecule has 0 heterocycles. The molecule has 242 valence electrons. The maximum Gasteiger partial charge on any atom is 0.0720 e. The van der Waals surface area contributed by atoms with E-state index in [0.717, 1.165) is 0 Å². The second kappa shape index (κ2) is 11.0. The van der Waals surface area contributed by atoms with E-state index in [4.69, 9.17) is 0 Å². The lowest BCUT2D eigenvalue weighted by atomic mass is 9.52. The smallest absolute Gasteiger partial charge is 0.0622 e. The number of fused-ring (bicyclic) bond motifs is 16. The van der Waals surface area contributed by atoms with Crippen molar-refractivity contribution >= 4 is 11.6 Å². The Labute approximate surface area is 305 Å². The Morgan fingerprint density at radius 1 is 0.288 bits per heavy atom. The van der Waals surface area contributed by atoms with Crippen LogP contribution in [0.1, 0.15) is 61.2 Å².